The molecule has 0 amide bonds. The maximum Gasteiger partial charge on any atom is 0.115 e. The van der Waals surface area contributed by atoms with Crippen molar-refractivity contribution in [3.05, 3.63) is 65.7 Å². The summed E-state index contributed by atoms with van der Waals surface area (Å²) in [6.07, 6.45) is 2.28. The zero-order valence-electron chi connectivity index (χ0n) is 14.1. The molecule has 1 aliphatic rings. The first-order valence-corrected chi connectivity index (χ1v) is 8.33. The molecule has 0 aliphatic carbocycles. The van der Waals surface area contributed by atoms with Crippen molar-refractivity contribution >= 4 is 0 Å². The average Bonchev–Trinajstić information content (AvgIpc) is 2.58. The molecule has 0 unspecified atom stereocenters. The van der Waals surface area contributed by atoms with Crippen LogP contribution in [-0.2, 0) is 12.1 Å². The Bertz CT molecular complexity index is 614. The first-order valence-electron chi connectivity index (χ1n) is 8.33. The molecule has 3 nitrogen and oxygen atoms in total. The molecule has 0 saturated carbocycles. The number of piperidine rings is 1. The zero-order chi connectivity index (χ0) is 16.3. The van der Waals surface area contributed by atoms with Crippen LogP contribution in [0.2, 0.25) is 0 Å². The van der Waals surface area contributed by atoms with Crippen LogP contribution in [0, 0.1) is 0 Å². The molecule has 2 aromatic carbocycles. The highest BCUT2D eigenvalue weighted by Gasteiger charge is 2.37. The van der Waals surface area contributed by atoms with Crippen molar-refractivity contribution in [2.75, 3.05) is 27.2 Å². The lowest BCUT2D eigenvalue weighted by molar-refractivity contribution is 0.0507. The van der Waals surface area contributed by atoms with Crippen LogP contribution >= 0.6 is 0 Å². The third kappa shape index (κ3) is 3.41. The molecule has 0 spiro atoms. The Kier molecular flexibility index (Phi) is 4.69. The Morgan fingerprint density at radius 3 is 2.13 bits per heavy atom. The number of nitrogens with zero attached hydrogens (tertiary/aromatic N) is 2. The minimum atomic E-state index is 0.146. The summed E-state index contributed by atoms with van der Waals surface area (Å²) in [5.74, 6) is 0.336. The second-order valence-corrected chi connectivity index (χ2v) is 6.73. The third-order valence-electron chi connectivity index (χ3n) is 5.19. The summed E-state index contributed by atoms with van der Waals surface area (Å²) >= 11 is 0. The van der Waals surface area contributed by atoms with Gasteiger partial charge in [-0.25, -0.2) is 0 Å². The van der Waals surface area contributed by atoms with Gasteiger partial charge >= 0.3 is 0 Å². The van der Waals surface area contributed by atoms with E-state index in [-0.39, 0.29) is 5.54 Å². The molecule has 0 atom stereocenters. The largest absolute Gasteiger partial charge is 0.508 e. The summed E-state index contributed by atoms with van der Waals surface area (Å²) in [6.45, 7) is 3.14. The number of aromatic hydroxyl groups is 1. The molecule has 1 fully saturated rings. The van der Waals surface area contributed by atoms with E-state index in [9.17, 15) is 5.11 Å². The maximum absolute atomic E-state index is 9.40. The Labute approximate surface area is 139 Å². The molecule has 3 heteroatoms. The molecule has 1 heterocycles. The monoisotopic (exact) mass is 310 g/mol. The van der Waals surface area contributed by atoms with E-state index in [1.54, 1.807) is 12.1 Å². The van der Waals surface area contributed by atoms with Crippen LogP contribution in [0.4, 0.5) is 0 Å². The van der Waals surface area contributed by atoms with Gasteiger partial charge in [0, 0.05) is 25.2 Å². The first-order chi connectivity index (χ1) is 11.1. The smallest absolute Gasteiger partial charge is 0.115 e. The van der Waals surface area contributed by atoms with Crippen molar-refractivity contribution in [1.29, 1.82) is 0 Å². The molecule has 0 radical (unpaired) electrons. The van der Waals surface area contributed by atoms with Crippen molar-refractivity contribution in [2.24, 2.45) is 0 Å². The van der Waals surface area contributed by atoms with Crippen LogP contribution in [-0.4, -0.2) is 42.1 Å². The zero-order valence-corrected chi connectivity index (χ0v) is 14.1. The second-order valence-electron chi connectivity index (χ2n) is 6.73. The molecule has 1 aliphatic heterocycles. The van der Waals surface area contributed by atoms with Gasteiger partial charge in [-0.2, -0.15) is 0 Å². The topological polar surface area (TPSA) is 26.7 Å². The molecule has 122 valence electrons. The normalized spacial score (nSPS) is 18.2. The van der Waals surface area contributed by atoms with Gasteiger partial charge in [-0.15, -0.1) is 0 Å². The van der Waals surface area contributed by atoms with Crippen LogP contribution in [0.25, 0.3) is 0 Å². The first kappa shape index (κ1) is 16.0. The van der Waals surface area contributed by atoms with Gasteiger partial charge in [0.15, 0.2) is 0 Å². The molecule has 2 aromatic rings. The van der Waals surface area contributed by atoms with Crippen molar-refractivity contribution in [3.8, 4) is 5.75 Å². The lowest BCUT2D eigenvalue weighted by Gasteiger charge is -2.46. The predicted octanol–water partition coefficient (Wildman–Crippen LogP) is 3.45. The molecule has 1 saturated heterocycles. The quantitative estimate of drug-likeness (QED) is 0.937. The van der Waals surface area contributed by atoms with Crippen LogP contribution in [0.3, 0.4) is 0 Å². The van der Waals surface area contributed by atoms with Gasteiger partial charge in [0.05, 0.1) is 0 Å². The van der Waals surface area contributed by atoms with E-state index < -0.39 is 0 Å². The van der Waals surface area contributed by atoms with E-state index in [4.69, 9.17) is 0 Å². The highest BCUT2D eigenvalue weighted by molar-refractivity contribution is 5.27. The standard InChI is InChI=1S/C20H26N2O/c1-21(2)20(18-6-4-3-5-7-18)12-14-22(15-13-20)16-17-8-10-19(23)11-9-17/h3-11,23H,12-16H2,1-2H3. The fourth-order valence-electron chi connectivity index (χ4n) is 3.68. The van der Waals surface area contributed by atoms with E-state index in [0.717, 1.165) is 32.5 Å². The number of rotatable bonds is 4. The number of benzene rings is 2. The van der Waals surface area contributed by atoms with Crippen molar-refractivity contribution in [1.82, 2.24) is 9.80 Å². The molecule has 0 aromatic heterocycles. The molecule has 23 heavy (non-hydrogen) atoms. The van der Waals surface area contributed by atoms with E-state index in [1.807, 2.05) is 12.1 Å². The summed E-state index contributed by atoms with van der Waals surface area (Å²) in [5, 5.41) is 9.40. The van der Waals surface area contributed by atoms with E-state index in [1.165, 1.54) is 11.1 Å². The Balaban J connectivity index is 1.69. The summed E-state index contributed by atoms with van der Waals surface area (Å²) < 4.78 is 0. The highest BCUT2D eigenvalue weighted by atomic mass is 16.3. The van der Waals surface area contributed by atoms with Gasteiger partial charge in [-0.05, 0) is 50.2 Å². The Morgan fingerprint density at radius 1 is 0.957 bits per heavy atom. The average molecular weight is 310 g/mol. The van der Waals surface area contributed by atoms with Crippen LogP contribution < -0.4 is 0 Å². The van der Waals surface area contributed by atoms with Crippen LogP contribution in [0.1, 0.15) is 24.0 Å². The third-order valence-corrected chi connectivity index (χ3v) is 5.19. The molecule has 3 rings (SSSR count). The summed E-state index contributed by atoms with van der Waals surface area (Å²) in [7, 11) is 4.39. The number of hydrogen-bond donors (Lipinski definition) is 1. The summed E-state index contributed by atoms with van der Waals surface area (Å²) in [6, 6.07) is 18.5. The highest BCUT2D eigenvalue weighted by Crippen LogP contribution is 2.37. The number of hydrogen-bond acceptors (Lipinski definition) is 3. The molecular weight excluding hydrogens is 284 g/mol. The number of phenols is 1. The van der Waals surface area contributed by atoms with E-state index in [2.05, 4.69) is 54.2 Å². The lowest BCUT2D eigenvalue weighted by atomic mass is 9.79. The van der Waals surface area contributed by atoms with Gasteiger partial charge in [-0.3, -0.25) is 9.80 Å². The SMILES string of the molecule is CN(C)C1(c2ccccc2)CCN(Cc2ccc(O)cc2)CC1. The van der Waals surface area contributed by atoms with Gasteiger partial charge < -0.3 is 5.11 Å². The van der Waals surface area contributed by atoms with Gasteiger partial charge in [-0.1, -0.05) is 42.5 Å². The van der Waals surface area contributed by atoms with E-state index in [0.29, 0.717) is 5.75 Å². The van der Waals surface area contributed by atoms with E-state index >= 15 is 0 Å². The molecular formula is C20H26N2O. The summed E-state index contributed by atoms with van der Waals surface area (Å²) in [5.41, 5.74) is 2.83. The van der Waals surface area contributed by atoms with Crippen molar-refractivity contribution in [3.63, 3.8) is 0 Å². The van der Waals surface area contributed by atoms with Gasteiger partial charge in [0.1, 0.15) is 5.75 Å². The fraction of sp³-hybridized carbons (Fsp3) is 0.400. The minimum absolute atomic E-state index is 0.146. The second kappa shape index (κ2) is 6.73. The minimum Gasteiger partial charge on any atom is -0.508 e. The van der Waals surface area contributed by atoms with Crippen LogP contribution in [0.15, 0.2) is 54.6 Å². The molecule has 0 bridgehead atoms. The fourth-order valence-corrected chi connectivity index (χ4v) is 3.68. The lowest BCUT2D eigenvalue weighted by Crippen LogP contribution is -2.50. The summed E-state index contributed by atoms with van der Waals surface area (Å²) in [4.78, 5) is 4.90. The Morgan fingerprint density at radius 2 is 1.57 bits per heavy atom. The predicted molar refractivity (Wildman–Crippen MR) is 94.4 cm³/mol. The van der Waals surface area contributed by atoms with Crippen LogP contribution in [0.5, 0.6) is 5.75 Å². The Hall–Kier alpha value is -1.84. The number of likely N-dealkylation sites (tertiary alicyclic amines) is 1. The van der Waals surface area contributed by atoms with Crippen molar-refractivity contribution < 1.29 is 5.11 Å². The molecule has 1 N–H and O–H groups in total. The van der Waals surface area contributed by atoms with Gasteiger partial charge in [0.2, 0.25) is 0 Å². The van der Waals surface area contributed by atoms with Crippen molar-refractivity contribution in [2.45, 2.75) is 24.9 Å². The maximum atomic E-state index is 9.40. The number of phenolic OH excluding ortho intramolecular Hbond substituents is 1. The van der Waals surface area contributed by atoms with Gasteiger partial charge in [0.25, 0.3) is 0 Å².